The SMILES string of the molecule is C=Cc1ccc(OC(F)(F)F)c(-c2cccc(C)c2)c1. The van der Waals surface area contributed by atoms with Crippen LogP contribution in [0.5, 0.6) is 5.75 Å². The fraction of sp³-hybridized carbons (Fsp3) is 0.125. The summed E-state index contributed by atoms with van der Waals surface area (Å²) in [6.45, 7) is 5.50. The van der Waals surface area contributed by atoms with E-state index in [1.54, 1.807) is 24.3 Å². The van der Waals surface area contributed by atoms with Crippen LogP contribution in [0.3, 0.4) is 0 Å². The molecule has 4 heteroatoms. The van der Waals surface area contributed by atoms with Crippen molar-refractivity contribution in [2.24, 2.45) is 0 Å². The molecule has 0 amide bonds. The predicted octanol–water partition coefficient (Wildman–Crippen LogP) is 5.20. The highest BCUT2D eigenvalue weighted by molar-refractivity contribution is 5.74. The van der Waals surface area contributed by atoms with Crippen molar-refractivity contribution in [1.82, 2.24) is 0 Å². The summed E-state index contributed by atoms with van der Waals surface area (Å²) in [5, 5.41) is 0. The summed E-state index contributed by atoms with van der Waals surface area (Å²) < 4.78 is 41.5. The Morgan fingerprint density at radius 1 is 1.10 bits per heavy atom. The van der Waals surface area contributed by atoms with Gasteiger partial charge >= 0.3 is 6.36 Å². The smallest absolute Gasteiger partial charge is 0.405 e. The molecule has 1 nitrogen and oxygen atoms in total. The van der Waals surface area contributed by atoms with E-state index in [1.807, 2.05) is 19.1 Å². The van der Waals surface area contributed by atoms with Gasteiger partial charge in [0.25, 0.3) is 0 Å². The second-order valence-electron chi connectivity index (χ2n) is 4.38. The fourth-order valence-corrected chi connectivity index (χ4v) is 1.93. The first kappa shape index (κ1) is 14.2. The van der Waals surface area contributed by atoms with Crippen LogP contribution < -0.4 is 4.74 Å². The summed E-state index contributed by atoms with van der Waals surface area (Å²) in [4.78, 5) is 0. The largest absolute Gasteiger partial charge is 0.573 e. The molecule has 0 bridgehead atoms. The van der Waals surface area contributed by atoms with E-state index in [9.17, 15) is 13.2 Å². The van der Waals surface area contributed by atoms with Gasteiger partial charge in [0.05, 0.1) is 0 Å². The third kappa shape index (κ3) is 3.41. The number of halogens is 3. The number of alkyl halides is 3. The van der Waals surface area contributed by atoms with E-state index in [-0.39, 0.29) is 5.75 Å². The monoisotopic (exact) mass is 278 g/mol. The molecule has 0 radical (unpaired) electrons. The third-order valence-corrected chi connectivity index (χ3v) is 2.79. The van der Waals surface area contributed by atoms with Gasteiger partial charge in [-0.2, -0.15) is 0 Å². The van der Waals surface area contributed by atoms with E-state index < -0.39 is 6.36 Å². The van der Waals surface area contributed by atoms with Crippen LogP contribution in [0.2, 0.25) is 0 Å². The quantitative estimate of drug-likeness (QED) is 0.749. The molecule has 2 aromatic carbocycles. The number of rotatable bonds is 3. The molecule has 0 N–H and O–H groups in total. The minimum Gasteiger partial charge on any atom is -0.405 e. The Labute approximate surface area is 115 Å². The Kier molecular flexibility index (Phi) is 3.84. The minimum absolute atomic E-state index is 0.214. The lowest BCUT2D eigenvalue weighted by atomic mass is 10.0. The maximum absolute atomic E-state index is 12.5. The van der Waals surface area contributed by atoms with E-state index in [0.29, 0.717) is 11.1 Å². The maximum Gasteiger partial charge on any atom is 0.573 e. The van der Waals surface area contributed by atoms with Crippen LogP contribution in [0.15, 0.2) is 49.0 Å². The molecule has 0 fully saturated rings. The lowest BCUT2D eigenvalue weighted by Gasteiger charge is -2.14. The highest BCUT2D eigenvalue weighted by Gasteiger charge is 2.32. The molecule has 0 saturated heterocycles. The van der Waals surface area contributed by atoms with Crippen molar-refractivity contribution in [2.45, 2.75) is 13.3 Å². The number of aryl methyl sites for hydroxylation is 1. The molecule has 0 saturated carbocycles. The average molecular weight is 278 g/mol. The van der Waals surface area contributed by atoms with Gasteiger partial charge in [0, 0.05) is 5.56 Å². The van der Waals surface area contributed by atoms with Gasteiger partial charge in [0.2, 0.25) is 0 Å². The van der Waals surface area contributed by atoms with Crippen molar-refractivity contribution in [1.29, 1.82) is 0 Å². The molecule has 0 aromatic heterocycles. The summed E-state index contributed by atoms with van der Waals surface area (Å²) in [5.74, 6) is -0.214. The first-order chi connectivity index (χ1) is 9.39. The molecule has 0 unspecified atom stereocenters. The van der Waals surface area contributed by atoms with Gasteiger partial charge in [0.15, 0.2) is 0 Å². The molecule has 0 aliphatic rings. The van der Waals surface area contributed by atoms with Gasteiger partial charge in [-0.1, -0.05) is 48.6 Å². The molecule has 2 rings (SSSR count). The van der Waals surface area contributed by atoms with Crippen molar-refractivity contribution < 1.29 is 17.9 Å². The van der Waals surface area contributed by atoms with Crippen LogP contribution in [0.4, 0.5) is 13.2 Å². The molecule has 2 aromatic rings. The molecule has 0 aliphatic carbocycles. The van der Waals surface area contributed by atoms with Crippen LogP contribution in [0.1, 0.15) is 11.1 Å². The number of benzene rings is 2. The molecular formula is C16H13F3O. The van der Waals surface area contributed by atoms with Crippen molar-refractivity contribution >= 4 is 6.08 Å². The van der Waals surface area contributed by atoms with Gasteiger partial charge in [0.1, 0.15) is 5.75 Å². The summed E-state index contributed by atoms with van der Waals surface area (Å²) >= 11 is 0. The fourth-order valence-electron chi connectivity index (χ4n) is 1.93. The van der Waals surface area contributed by atoms with Crippen LogP contribution in [-0.2, 0) is 0 Å². The maximum atomic E-state index is 12.5. The Morgan fingerprint density at radius 3 is 2.45 bits per heavy atom. The van der Waals surface area contributed by atoms with Gasteiger partial charge in [-0.25, -0.2) is 0 Å². The van der Waals surface area contributed by atoms with Crippen LogP contribution in [0, 0.1) is 6.92 Å². The minimum atomic E-state index is -4.71. The van der Waals surface area contributed by atoms with Gasteiger partial charge < -0.3 is 4.74 Å². The standard InChI is InChI=1S/C16H13F3O/c1-3-12-7-8-15(20-16(17,18)19)14(10-12)13-6-4-5-11(2)9-13/h3-10H,1H2,2H3. The molecule has 20 heavy (non-hydrogen) atoms. The Hall–Kier alpha value is -2.23. The molecule has 0 heterocycles. The van der Waals surface area contributed by atoms with Crippen molar-refractivity contribution in [3.05, 3.63) is 60.2 Å². The zero-order chi connectivity index (χ0) is 14.8. The van der Waals surface area contributed by atoms with Crippen LogP contribution >= 0.6 is 0 Å². The Bertz CT molecular complexity index is 630. The molecule has 0 atom stereocenters. The Morgan fingerprint density at radius 2 is 1.85 bits per heavy atom. The molecule has 0 spiro atoms. The number of hydrogen-bond acceptors (Lipinski definition) is 1. The number of ether oxygens (including phenoxy) is 1. The number of hydrogen-bond donors (Lipinski definition) is 0. The van der Waals surface area contributed by atoms with Crippen LogP contribution in [0.25, 0.3) is 17.2 Å². The summed E-state index contributed by atoms with van der Waals surface area (Å²) in [6, 6.07) is 11.7. The lowest BCUT2D eigenvalue weighted by Crippen LogP contribution is -2.17. The summed E-state index contributed by atoms with van der Waals surface area (Å²) in [5.41, 5.74) is 2.76. The van der Waals surface area contributed by atoms with Gasteiger partial charge in [-0.05, 0) is 30.2 Å². The zero-order valence-electron chi connectivity index (χ0n) is 10.9. The lowest BCUT2D eigenvalue weighted by molar-refractivity contribution is -0.274. The topological polar surface area (TPSA) is 9.23 Å². The van der Waals surface area contributed by atoms with E-state index in [2.05, 4.69) is 11.3 Å². The average Bonchev–Trinajstić information content (AvgIpc) is 2.37. The highest BCUT2D eigenvalue weighted by Crippen LogP contribution is 2.35. The molecular weight excluding hydrogens is 265 g/mol. The molecule has 0 aliphatic heterocycles. The molecule has 104 valence electrons. The zero-order valence-corrected chi connectivity index (χ0v) is 10.9. The first-order valence-electron chi connectivity index (χ1n) is 5.98. The van der Waals surface area contributed by atoms with Crippen LogP contribution in [-0.4, -0.2) is 6.36 Å². The van der Waals surface area contributed by atoms with Crippen molar-refractivity contribution in [2.75, 3.05) is 0 Å². The summed E-state index contributed by atoms with van der Waals surface area (Å²) in [7, 11) is 0. The van der Waals surface area contributed by atoms with E-state index in [4.69, 9.17) is 0 Å². The van der Waals surface area contributed by atoms with Gasteiger partial charge in [-0.3, -0.25) is 0 Å². The summed E-state index contributed by atoms with van der Waals surface area (Å²) in [6.07, 6.45) is -3.13. The van der Waals surface area contributed by atoms with Gasteiger partial charge in [-0.15, -0.1) is 13.2 Å². The van der Waals surface area contributed by atoms with Crippen molar-refractivity contribution in [3.63, 3.8) is 0 Å². The third-order valence-electron chi connectivity index (χ3n) is 2.79. The second-order valence-corrected chi connectivity index (χ2v) is 4.38. The Balaban J connectivity index is 2.55. The normalized spacial score (nSPS) is 11.2. The highest BCUT2D eigenvalue weighted by atomic mass is 19.4. The van der Waals surface area contributed by atoms with Crippen molar-refractivity contribution in [3.8, 4) is 16.9 Å². The van der Waals surface area contributed by atoms with E-state index in [1.165, 1.54) is 12.1 Å². The van der Waals surface area contributed by atoms with E-state index in [0.717, 1.165) is 11.1 Å². The second kappa shape index (κ2) is 5.41. The predicted molar refractivity (Wildman–Crippen MR) is 73.4 cm³/mol. The van der Waals surface area contributed by atoms with E-state index >= 15 is 0 Å². The first-order valence-corrected chi connectivity index (χ1v) is 5.98.